The molecule has 10 aromatic carbocycles. The standard InChI is InChI=1S/C53H36/c1-53(2)48-24-10-9-20-47(48)52-42-23-12-21-39(40(42)29-30-49(52)53)36-27-25-35-32-37(28-26-34(35)31-36)50-43-16-5-7-18-45(43)51(46-19-8-6-17-44(46)50)41-22-11-14-33-13-3-4-15-38(33)41/h3-32H,1-2H3. The highest BCUT2D eigenvalue weighted by Crippen LogP contribution is 2.52. The van der Waals surface area contributed by atoms with Gasteiger partial charge in [0.05, 0.1) is 0 Å². The van der Waals surface area contributed by atoms with Crippen molar-refractivity contribution in [2.24, 2.45) is 0 Å². The molecule has 1 aliphatic rings. The molecule has 0 nitrogen and oxygen atoms in total. The Morgan fingerprint density at radius 3 is 1.55 bits per heavy atom. The minimum atomic E-state index is -0.0102. The summed E-state index contributed by atoms with van der Waals surface area (Å²) in [5.41, 5.74) is 13.2. The summed E-state index contributed by atoms with van der Waals surface area (Å²) < 4.78 is 0. The van der Waals surface area contributed by atoms with Crippen molar-refractivity contribution in [3.63, 3.8) is 0 Å². The maximum atomic E-state index is 2.39. The van der Waals surface area contributed by atoms with E-state index in [-0.39, 0.29) is 5.41 Å². The zero-order valence-electron chi connectivity index (χ0n) is 29.8. The summed E-state index contributed by atoms with van der Waals surface area (Å²) in [5, 5.41) is 12.8. The van der Waals surface area contributed by atoms with Gasteiger partial charge in [0.2, 0.25) is 0 Å². The van der Waals surface area contributed by atoms with Crippen LogP contribution < -0.4 is 0 Å². The monoisotopic (exact) mass is 672 g/mol. The first kappa shape index (κ1) is 30.2. The van der Waals surface area contributed by atoms with Crippen molar-refractivity contribution in [1.82, 2.24) is 0 Å². The lowest BCUT2D eigenvalue weighted by Crippen LogP contribution is -2.14. The van der Waals surface area contributed by atoms with E-state index in [1.54, 1.807) is 0 Å². The molecule has 0 amide bonds. The van der Waals surface area contributed by atoms with Gasteiger partial charge in [-0.15, -0.1) is 0 Å². The van der Waals surface area contributed by atoms with E-state index in [1.165, 1.54) is 109 Å². The molecule has 1 aliphatic carbocycles. The zero-order chi connectivity index (χ0) is 35.3. The van der Waals surface area contributed by atoms with Gasteiger partial charge in [-0.05, 0) is 122 Å². The van der Waals surface area contributed by atoms with Gasteiger partial charge in [0.25, 0.3) is 0 Å². The van der Waals surface area contributed by atoms with Crippen LogP contribution in [0, 0.1) is 0 Å². The van der Waals surface area contributed by atoms with E-state index in [1.807, 2.05) is 0 Å². The highest BCUT2D eigenvalue weighted by atomic mass is 14.4. The Kier molecular flexibility index (Phi) is 6.40. The molecule has 0 atom stereocenters. The highest BCUT2D eigenvalue weighted by molar-refractivity contribution is 6.24. The van der Waals surface area contributed by atoms with Gasteiger partial charge in [0.1, 0.15) is 0 Å². The van der Waals surface area contributed by atoms with Gasteiger partial charge in [0.15, 0.2) is 0 Å². The molecule has 0 N–H and O–H groups in total. The molecular formula is C53H36. The fourth-order valence-corrected chi connectivity index (χ4v) is 9.55. The summed E-state index contributed by atoms with van der Waals surface area (Å²) in [7, 11) is 0. The maximum absolute atomic E-state index is 2.39. The topological polar surface area (TPSA) is 0 Å². The van der Waals surface area contributed by atoms with Gasteiger partial charge in [-0.25, -0.2) is 0 Å². The molecular weight excluding hydrogens is 637 g/mol. The number of benzene rings is 10. The van der Waals surface area contributed by atoms with Crippen molar-refractivity contribution in [2.45, 2.75) is 19.3 Å². The van der Waals surface area contributed by atoms with Crippen LogP contribution in [0.25, 0.3) is 98.4 Å². The molecule has 248 valence electrons. The molecule has 0 fully saturated rings. The van der Waals surface area contributed by atoms with Crippen molar-refractivity contribution in [2.75, 3.05) is 0 Å². The Morgan fingerprint density at radius 1 is 0.283 bits per heavy atom. The highest BCUT2D eigenvalue weighted by Gasteiger charge is 2.36. The Labute approximate surface area is 309 Å². The van der Waals surface area contributed by atoms with Crippen molar-refractivity contribution in [1.29, 1.82) is 0 Å². The Balaban J connectivity index is 1.08. The summed E-state index contributed by atoms with van der Waals surface area (Å²) in [4.78, 5) is 0. The molecule has 0 heterocycles. The van der Waals surface area contributed by atoms with Crippen LogP contribution in [0.2, 0.25) is 0 Å². The number of hydrogen-bond acceptors (Lipinski definition) is 0. The lowest BCUT2D eigenvalue weighted by molar-refractivity contribution is 0.661. The van der Waals surface area contributed by atoms with Crippen LogP contribution in [0.1, 0.15) is 25.0 Å². The second-order valence-electron chi connectivity index (χ2n) is 15.2. The molecule has 10 aromatic rings. The molecule has 0 saturated carbocycles. The molecule has 11 rings (SSSR count). The van der Waals surface area contributed by atoms with Crippen LogP contribution in [0.15, 0.2) is 182 Å². The van der Waals surface area contributed by atoms with Crippen molar-refractivity contribution < 1.29 is 0 Å². The first-order valence-corrected chi connectivity index (χ1v) is 18.7. The first-order valence-electron chi connectivity index (χ1n) is 18.7. The normalized spacial score (nSPS) is 13.2. The van der Waals surface area contributed by atoms with E-state index >= 15 is 0 Å². The summed E-state index contributed by atoms with van der Waals surface area (Å²) in [6.07, 6.45) is 0. The van der Waals surface area contributed by atoms with Crippen molar-refractivity contribution in [3.05, 3.63) is 193 Å². The molecule has 0 unspecified atom stereocenters. The average Bonchev–Trinajstić information content (AvgIpc) is 3.45. The van der Waals surface area contributed by atoms with E-state index < -0.39 is 0 Å². The second kappa shape index (κ2) is 11.2. The molecule has 0 heteroatoms. The van der Waals surface area contributed by atoms with Gasteiger partial charge < -0.3 is 0 Å². The molecule has 53 heavy (non-hydrogen) atoms. The summed E-state index contributed by atoms with van der Waals surface area (Å²) >= 11 is 0. The lowest BCUT2D eigenvalue weighted by Gasteiger charge is -2.21. The fourth-order valence-electron chi connectivity index (χ4n) is 9.55. The molecule has 0 spiro atoms. The molecule has 0 radical (unpaired) electrons. The minimum absolute atomic E-state index is 0.0102. The largest absolute Gasteiger partial charge is 0.0619 e. The van der Waals surface area contributed by atoms with Crippen molar-refractivity contribution in [3.8, 4) is 44.5 Å². The van der Waals surface area contributed by atoms with Crippen LogP contribution in [0.3, 0.4) is 0 Å². The smallest absolute Gasteiger partial charge is 0.0159 e. The van der Waals surface area contributed by atoms with E-state index in [4.69, 9.17) is 0 Å². The van der Waals surface area contributed by atoms with Crippen molar-refractivity contribution >= 4 is 53.9 Å². The van der Waals surface area contributed by atoms with Gasteiger partial charge >= 0.3 is 0 Å². The lowest BCUT2D eigenvalue weighted by atomic mass is 9.82. The van der Waals surface area contributed by atoms with E-state index in [0.29, 0.717) is 0 Å². The third-order valence-electron chi connectivity index (χ3n) is 12.0. The van der Waals surface area contributed by atoms with Gasteiger partial charge in [-0.3, -0.25) is 0 Å². The summed E-state index contributed by atoms with van der Waals surface area (Å²) in [5.74, 6) is 0. The predicted octanol–water partition coefficient (Wildman–Crippen LogP) is 14.8. The molecule has 0 aliphatic heterocycles. The average molecular weight is 673 g/mol. The van der Waals surface area contributed by atoms with E-state index in [2.05, 4.69) is 196 Å². The van der Waals surface area contributed by atoms with Crippen LogP contribution in [-0.2, 0) is 5.41 Å². The summed E-state index contributed by atoms with van der Waals surface area (Å²) in [6, 6.07) is 67.9. The van der Waals surface area contributed by atoms with Gasteiger partial charge in [-0.2, -0.15) is 0 Å². The van der Waals surface area contributed by atoms with E-state index in [0.717, 1.165) is 0 Å². The minimum Gasteiger partial charge on any atom is -0.0619 e. The Hall–Kier alpha value is -6.50. The van der Waals surface area contributed by atoms with Crippen LogP contribution >= 0.6 is 0 Å². The van der Waals surface area contributed by atoms with Crippen LogP contribution in [-0.4, -0.2) is 0 Å². The third-order valence-corrected chi connectivity index (χ3v) is 12.0. The molecule has 0 bridgehead atoms. The first-order chi connectivity index (χ1) is 26.1. The third kappa shape index (κ3) is 4.36. The predicted molar refractivity (Wildman–Crippen MR) is 228 cm³/mol. The number of rotatable bonds is 3. The number of fused-ring (bicyclic) bond motifs is 9. The second-order valence-corrected chi connectivity index (χ2v) is 15.2. The van der Waals surface area contributed by atoms with Gasteiger partial charge in [0, 0.05) is 5.41 Å². The molecule has 0 saturated heterocycles. The molecule has 0 aromatic heterocycles. The SMILES string of the molecule is CC1(C)c2ccccc2-c2c1ccc1c(-c3ccc4cc(-c5c6ccccc6c(-c6cccc7ccccc67)c6ccccc56)ccc4c3)cccc21. The Bertz CT molecular complexity index is 3080. The quantitative estimate of drug-likeness (QED) is 0.164. The fraction of sp³-hybridized carbons (Fsp3) is 0.0566. The summed E-state index contributed by atoms with van der Waals surface area (Å²) in [6.45, 7) is 4.71. The van der Waals surface area contributed by atoms with Crippen LogP contribution in [0.5, 0.6) is 0 Å². The zero-order valence-corrected chi connectivity index (χ0v) is 29.8. The van der Waals surface area contributed by atoms with Crippen LogP contribution in [0.4, 0.5) is 0 Å². The van der Waals surface area contributed by atoms with Gasteiger partial charge in [-0.1, -0.05) is 184 Å². The Morgan fingerprint density at radius 2 is 0.792 bits per heavy atom. The van der Waals surface area contributed by atoms with E-state index in [9.17, 15) is 0 Å². The maximum Gasteiger partial charge on any atom is 0.0159 e. The number of hydrogen-bond donors (Lipinski definition) is 0.